The maximum Gasteiger partial charge on any atom is 0.0730 e. The average molecular weight is 402 g/mol. The van der Waals surface area contributed by atoms with Crippen LogP contribution in [0, 0.1) is 0 Å². The van der Waals surface area contributed by atoms with Gasteiger partial charge in [-0.3, -0.25) is 20.4 Å². The highest BCUT2D eigenvalue weighted by molar-refractivity contribution is 7.97. The van der Waals surface area contributed by atoms with E-state index in [1.54, 1.807) is 24.2 Å². The van der Waals surface area contributed by atoms with Gasteiger partial charge < -0.3 is 0 Å². The van der Waals surface area contributed by atoms with E-state index in [0.29, 0.717) is 0 Å². The standard InChI is InChI=1S/C20H18N8S/c1-2-13(18-5-7-22-26-18)8-14(3-1)20-17(10-24-28-20)16-9-23-27-19(16)12-29-11-15-4-6-21-25-15/h1-10H,11-12H2,(H,21,25)(H,22,26)(H,23,27)(H,24,28). The van der Waals surface area contributed by atoms with Crippen molar-refractivity contribution >= 4 is 11.8 Å². The first-order chi connectivity index (χ1) is 14.4. The number of H-pyrrole nitrogens is 4. The molecule has 0 spiro atoms. The minimum absolute atomic E-state index is 0.813. The first-order valence-electron chi connectivity index (χ1n) is 9.10. The molecule has 0 saturated carbocycles. The first kappa shape index (κ1) is 17.5. The number of rotatable bonds is 7. The lowest BCUT2D eigenvalue weighted by Crippen LogP contribution is -1.89. The fourth-order valence-corrected chi connectivity index (χ4v) is 4.16. The lowest BCUT2D eigenvalue weighted by Gasteiger charge is -2.06. The van der Waals surface area contributed by atoms with Gasteiger partial charge >= 0.3 is 0 Å². The van der Waals surface area contributed by atoms with Gasteiger partial charge in [0.05, 0.1) is 29.5 Å². The van der Waals surface area contributed by atoms with Crippen molar-refractivity contribution in [3.05, 3.63) is 72.6 Å². The molecule has 29 heavy (non-hydrogen) atoms. The molecule has 0 bridgehead atoms. The summed E-state index contributed by atoms with van der Waals surface area (Å²) in [5.41, 5.74) is 8.33. The maximum absolute atomic E-state index is 4.30. The summed E-state index contributed by atoms with van der Waals surface area (Å²) in [5, 5.41) is 28.9. The molecule has 0 atom stereocenters. The van der Waals surface area contributed by atoms with E-state index in [1.165, 1.54) is 0 Å². The molecular weight excluding hydrogens is 384 g/mol. The fourth-order valence-electron chi connectivity index (χ4n) is 3.25. The predicted molar refractivity (Wildman–Crippen MR) is 113 cm³/mol. The molecule has 0 amide bonds. The van der Waals surface area contributed by atoms with Crippen LogP contribution in [0.3, 0.4) is 0 Å². The Labute approximate surface area is 170 Å². The molecule has 4 aromatic heterocycles. The zero-order valence-electron chi connectivity index (χ0n) is 15.4. The Hall–Kier alpha value is -3.59. The molecule has 5 rings (SSSR count). The third kappa shape index (κ3) is 3.59. The molecule has 0 aliphatic heterocycles. The first-order valence-corrected chi connectivity index (χ1v) is 10.3. The summed E-state index contributed by atoms with van der Waals surface area (Å²) in [5.74, 6) is 1.68. The topological polar surface area (TPSA) is 115 Å². The van der Waals surface area contributed by atoms with Gasteiger partial charge in [-0.2, -0.15) is 20.4 Å². The van der Waals surface area contributed by atoms with E-state index in [2.05, 4.69) is 59.0 Å². The summed E-state index contributed by atoms with van der Waals surface area (Å²) >= 11 is 1.80. The second kappa shape index (κ2) is 7.80. The van der Waals surface area contributed by atoms with Gasteiger partial charge in [-0.25, -0.2) is 0 Å². The lowest BCUT2D eigenvalue weighted by molar-refractivity contribution is 1.03. The molecule has 4 heterocycles. The smallest absolute Gasteiger partial charge is 0.0730 e. The summed E-state index contributed by atoms with van der Waals surface area (Å²) < 4.78 is 0. The van der Waals surface area contributed by atoms with Crippen LogP contribution in [-0.2, 0) is 11.5 Å². The quantitative estimate of drug-likeness (QED) is 0.328. The molecule has 0 saturated heterocycles. The van der Waals surface area contributed by atoms with E-state index in [4.69, 9.17) is 0 Å². The third-order valence-electron chi connectivity index (χ3n) is 4.67. The molecule has 1 aromatic carbocycles. The summed E-state index contributed by atoms with van der Waals surface area (Å²) in [4.78, 5) is 0. The van der Waals surface area contributed by atoms with Gasteiger partial charge in [-0.05, 0) is 18.2 Å². The minimum Gasteiger partial charge on any atom is -0.282 e. The van der Waals surface area contributed by atoms with E-state index in [0.717, 1.165) is 56.5 Å². The van der Waals surface area contributed by atoms with E-state index < -0.39 is 0 Å². The van der Waals surface area contributed by atoms with E-state index >= 15 is 0 Å². The van der Waals surface area contributed by atoms with Crippen molar-refractivity contribution < 1.29 is 0 Å². The SMILES string of the molecule is c1cc(-c2ccn[nH]2)cc(-c2[nH]ncc2-c2cn[nH]c2CSCc2ccn[nH]2)c1. The van der Waals surface area contributed by atoms with Crippen molar-refractivity contribution in [1.82, 2.24) is 40.8 Å². The second-order valence-corrected chi connectivity index (χ2v) is 7.53. The number of hydrogen-bond acceptors (Lipinski definition) is 5. The zero-order chi connectivity index (χ0) is 19.5. The molecule has 5 aromatic rings. The summed E-state index contributed by atoms with van der Waals surface area (Å²) in [6.45, 7) is 0. The molecule has 0 aliphatic carbocycles. The minimum atomic E-state index is 0.813. The van der Waals surface area contributed by atoms with Crippen LogP contribution in [-0.4, -0.2) is 40.8 Å². The molecule has 0 aliphatic rings. The summed E-state index contributed by atoms with van der Waals surface area (Å²) in [6.07, 6.45) is 7.24. The molecular formula is C20H18N8S. The fraction of sp³-hybridized carbons (Fsp3) is 0.100. The van der Waals surface area contributed by atoms with Gasteiger partial charge in [0, 0.05) is 51.8 Å². The summed E-state index contributed by atoms with van der Waals surface area (Å²) in [6, 6.07) is 12.2. The van der Waals surface area contributed by atoms with E-state index in [9.17, 15) is 0 Å². The third-order valence-corrected chi connectivity index (χ3v) is 5.68. The Balaban J connectivity index is 1.41. The highest BCUT2D eigenvalue weighted by atomic mass is 32.2. The Morgan fingerprint density at radius 2 is 1.55 bits per heavy atom. The van der Waals surface area contributed by atoms with Crippen LogP contribution in [0.5, 0.6) is 0 Å². The molecule has 9 heteroatoms. The van der Waals surface area contributed by atoms with Gasteiger partial charge in [0.15, 0.2) is 0 Å². The normalized spacial score (nSPS) is 11.2. The van der Waals surface area contributed by atoms with Gasteiger partial charge in [-0.15, -0.1) is 11.8 Å². The van der Waals surface area contributed by atoms with Crippen molar-refractivity contribution in [2.75, 3.05) is 0 Å². The van der Waals surface area contributed by atoms with Crippen molar-refractivity contribution in [3.8, 4) is 33.6 Å². The lowest BCUT2D eigenvalue weighted by atomic mass is 10.0. The number of aromatic amines is 4. The van der Waals surface area contributed by atoms with Crippen LogP contribution in [0.2, 0.25) is 0 Å². The van der Waals surface area contributed by atoms with Crippen LogP contribution >= 0.6 is 11.8 Å². The number of nitrogens with one attached hydrogen (secondary N) is 4. The predicted octanol–water partition coefficient (Wildman–Crippen LogP) is 4.01. The Kier molecular flexibility index (Phi) is 4.71. The number of aromatic nitrogens is 8. The zero-order valence-corrected chi connectivity index (χ0v) is 16.2. The van der Waals surface area contributed by atoms with Crippen LogP contribution in [0.1, 0.15) is 11.4 Å². The molecule has 144 valence electrons. The Morgan fingerprint density at radius 3 is 2.41 bits per heavy atom. The Morgan fingerprint density at radius 1 is 0.724 bits per heavy atom. The van der Waals surface area contributed by atoms with Crippen molar-refractivity contribution in [2.45, 2.75) is 11.5 Å². The number of thioether (sulfide) groups is 1. The number of nitrogens with zero attached hydrogens (tertiary/aromatic N) is 4. The van der Waals surface area contributed by atoms with Crippen molar-refractivity contribution in [1.29, 1.82) is 0 Å². The molecule has 8 nitrogen and oxygen atoms in total. The van der Waals surface area contributed by atoms with Crippen molar-refractivity contribution in [3.63, 3.8) is 0 Å². The highest BCUT2D eigenvalue weighted by Gasteiger charge is 2.16. The van der Waals surface area contributed by atoms with Crippen LogP contribution in [0.25, 0.3) is 33.6 Å². The second-order valence-electron chi connectivity index (χ2n) is 6.55. The van der Waals surface area contributed by atoms with Gasteiger partial charge in [0.1, 0.15) is 0 Å². The molecule has 4 N–H and O–H groups in total. The average Bonchev–Trinajstić information content (AvgIpc) is 3.56. The summed E-state index contributed by atoms with van der Waals surface area (Å²) in [7, 11) is 0. The van der Waals surface area contributed by atoms with Gasteiger partial charge in [0.25, 0.3) is 0 Å². The van der Waals surface area contributed by atoms with Crippen LogP contribution < -0.4 is 0 Å². The Bertz CT molecular complexity index is 1190. The van der Waals surface area contributed by atoms with Gasteiger partial charge in [-0.1, -0.05) is 18.2 Å². The monoisotopic (exact) mass is 402 g/mol. The molecule has 0 unspecified atom stereocenters. The molecule has 0 fully saturated rings. The van der Waals surface area contributed by atoms with Crippen LogP contribution in [0.15, 0.2) is 61.2 Å². The highest BCUT2D eigenvalue weighted by Crippen LogP contribution is 2.34. The number of hydrogen-bond donors (Lipinski definition) is 4. The van der Waals surface area contributed by atoms with Crippen molar-refractivity contribution in [2.24, 2.45) is 0 Å². The van der Waals surface area contributed by atoms with E-state index in [1.807, 2.05) is 30.6 Å². The van der Waals surface area contributed by atoms with Gasteiger partial charge in [0.2, 0.25) is 0 Å². The number of benzene rings is 1. The largest absolute Gasteiger partial charge is 0.282 e. The van der Waals surface area contributed by atoms with E-state index in [-0.39, 0.29) is 0 Å². The van der Waals surface area contributed by atoms with Crippen LogP contribution in [0.4, 0.5) is 0 Å². The maximum atomic E-state index is 4.30. The molecule has 0 radical (unpaired) electrons.